The van der Waals surface area contributed by atoms with E-state index in [1.54, 1.807) is 0 Å². The maximum Gasteiger partial charge on any atom is 0.407 e. The van der Waals surface area contributed by atoms with Gasteiger partial charge in [-0.25, -0.2) is 4.79 Å². The van der Waals surface area contributed by atoms with Crippen LogP contribution in [0.4, 0.5) is 4.79 Å². The number of amides is 1. The van der Waals surface area contributed by atoms with Crippen LogP contribution >= 0.6 is 0 Å². The number of methoxy groups -OCH3 is 1. The van der Waals surface area contributed by atoms with Gasteiger partial charge in [-0.05, 0) is 52.4 Å². The van der Waals surface area contributed by atoms with Gasteiger partial charge >= 0.3 is 12.1 Å². The van der Waals surface area contributed by atoms with Crippen molar-refractivity contribution in [2.75, 3.05) is 7.11 Å². The first-order valence-corrected chi connectivity index (χ1v) is 6.86. The molecule has 5 nitrogen and oxygen atoms in total. The zero-order valence-corrected chi connectivity index (χ0v) is 12.3. The zero-order valence-electron chi connectivity index (χ0n) is 12.3. The van der Waals surface area contributed by atoms with Crippen LogP contribution in [0.2, 0.25) is 0 Å². The molecule has 1 amide bonds. The fourth-order valence-electron chi connectivity index (χ4n) is 2.30. The fraction of sp³-hybridized carbons (Fsp3) is 0.857. The molecule has 0 atom stereocenters. The predicted octanol–water partition coefficient (Wildman–Crippen LogP) is 2.63. The van der Waals surface area contributed by atoms with Crippen LogP contribution in [0.3, 0.4) is 0 Å². The molecule has 5 heteroatoms. The molecule has 0 radical (unpaired) electrons. The summed E-state index contributed by atoms with van der Waals surface area (Å²) in [5, 5.41) is 2.89. The van der Waals surface area contributed by atoms with Crippen molar-refractivity contribution in [3.05, 3.63) is 0 Å². The lowest BCUT2D eigenvalue weighted by Gasteiger charge is -2.29. The van der Waals surface area contributed by atoms with E-state index in [2.05, 4.69) is 10.1 Å². The molecule has 0 aromatic carbocycles. The largest absolute Gasteiger partial charge is 0.469 e. The molecule has 1 N–H and O–H groups in total. The van der Waals surface area contributed by atoms with E-state index in [0.717, 1.165) is 25.7 Å². The van der Waals surface area contributed by atoms with Crippen molar-refractivity contribution >= 4 is 12.1 Å². The molecular weight excluding hydrogens is 246 g/mol. The van der Waals surface area contributed by atoms with Crippen molar-refractivity contribution in [1.29, 1.82) is 0 Å². The average Bonchev–Trinajstić information content (AvgIpc) is 2.29. The zero-order chi connectivity index (χ0) is 14.5. The van der Waals surface area contributed by atoms with Gasteiger partial charge in [-0.3, -0.25) is 4.79 Å². The number of carbonyl (C=O) groups excluding carboxylic acids is 2. The van der Waals surface area contributed by atoms with Crippen LogP contribution < -0.4 is 5.32 Å². The fourth-order valence-corrected chi connectivity index (χ4v) is 2.30. The van der Waals surface area contributed by atoms with Crippen LogP contribution in [0.25, 0.3) is 0 Å². The van der Waals surface area contributed by atoms with E-state index in [4.69, 9.17) is 4.74 Å². The lowest BCUT2D eigenvalue weighted by molar-refractivity contribution is -0.142. The highest BCUT2D eigenvalue weighted by Crippen LogP contribution is 2.27. The van der Waals surface area contributed by atoms with E-state index in [9.17, 15) is 9.59 Å². The van der Waals surface area contributed by atoms with Gasteiger partial charge in [0.2, 0.25) is 0 Å². The van der Waals surface area contributed by atoms with Crippen molar-refractivity contribution in [3.8, 4) is 0 Å². The van der Waals surface area contributed by atoms with Crippen LogP contribution in [0, 0.1) is 5.92 Å². The monoisotopic (exact) mass is 271 g/mol. The van der Waals surface area contributed by atoms with Gasteiger partial charge in [0.1, 0.15) is 5.60 Å². The van der Waals surface area contributed by atoms with E-state index < -0.39 is 5.60 Å². The summed E-state index contributed by atoms with van der Waals surface area (Å²) >= 11 is 0. The second-order valence-electron chi connectivity index (χ2n) is 6.14. The Kier molecular flexibility index (Phi) is 5.63. The van der Waals surface area contributed by atoms with Gasteiger partial charge in [0.05, 0.1) is 7.11 Å². The van der Waals surface area contributed by atoms with Gasteiger partial charge in [-0.2, -0.15) is 0 Å². The van der Waals surface area contributed by atoms with Crippen molar-refractivity contribution in [2.24, 2.45) is 5.92 Å². The van der Waals surface area contributed by atoms with E-state index in [0.29, 0.717) is 12.3 Å². The summed E-state index contributed by atoms with van der Waals surface area (Å²) in [7, 11) is 1.41. The van der Waals surface area contributed by atoms with Gasteiger partial charge in [-0.15, -0.1) is 0 Å². The van der Waals surface area contributed by atoms with Crippen LogP contribution in [-0.4, -0.2) is 30.8 Å². The third-order valence-electron chi connectivity index (χ3n) is 3.25. The molecule has 1 aliphatic rings. The second-order valence-corrected chi connectivity index (χ2v) is 6.14. The van der Waals surface area contributed by atoms with Crippen LogP contribution in [0.1, 0.15) is 52.9 Å². The van der Waals surface area contributed by atoms with Gasteiger partial charge in [0.25, 0.3) is 0 Å². The first-order chi connectivity index (χ1) is 8.80. The highest BCUT2D eigenvalue weighted by Gasteiger charge is 2.25. The molecule has 0 bridgehead atoms. The van der Waals surface area contributed by atoms with Crippen molar-refractivity contribution in [1.82, 2.24) is 5.32 Å². The highest BCUT2D eigenvalue weighted by atomic mass is 16.6. The summed E-state index contributed by atoms with van der Waals surface area (Å²) in [5.74, 6) is 0.229. The molecule has 0 aromatic rings. The third-order valence-corrected chi connectivity index (χ3v) is 3.25. The molecule has 1 aliphatic carbocycles. The molecular formula is C14H25NO4. The summed E-state index contributed by atoms with van der Waals surface area (Å²) in [6.07, 6.45) is 3.78. The molecule has 1 rings (SSSR count). The normalized spacial score (nSPS) is 23.6. The SMILES string of the molecule is COC(=O)CC1CCC(NC(=O)OC(C)(C)C)CC1. The molecule has 0 heterocycles. The number of carbonyl (C=O) groups is 2. The quantitative estimate of drug-likeness (QED) is 0.801. The Morgan fingerprint density at radius 1 is 1.16 bits per heavy atom. The lowest BCUT2D eigenvalue weighted by Crippen LogP contribution is -2.41. The summed E-state index contributed by atoms with van der Waals surface area (Å²) in [4.78, 5) is 22.8. The smallest absolute Gasteiger partial charge is 0.407 e. The van der Waals surface area contributed by atoms with Gasteiger partial charge in [0, 0.05) is 12.5 Å². The molecule has 1 saturated carbocycles. The molecule has 0 unspecified atom stereocenters. The number of ether oxygens (including phenoxy) is 2. The van der Waals surface area contributed by atoms with E-state index in [-0.39, 0.29) is 18.1 Å². The Morgan fingerprint density at radius 3 is 2.21 bits per heavy atom. The van der Waals surface area contributed by atoms with E-state index in [1.807, 2.05) is 20.8 Å². The van der Waals surface area contributed by atoms with Gasteiger partial charge in [-0.1, -0.05) is 0 Å². The second kappa shape index (κ2) is 6.78. The summed E-state index contributed by atoms with van der Waals surface area (Å²) < 4.78 is 9.90. The summed E-state index contributed by atoms with van der Waals surface area (Å²) in [6.45, 7) is 5.54. The Morgan fingerprint density at radius 2 is 1.74 bits per heavy atom. The number of rotatable bonds is 3. The molecule has 0 aromatic heterocycles. The number of alkyl carbamates (subject to hydrolysis) is 1. The first kappa shape index (κ1) is 15.8. The minimum atomic E-state index is -0.466. The lowest BCUT2D eigenvalue weighted by atomic mass is 9.84. The molecule has 1 fully saturated rings. The molecule has 19 heavy (non-hydrogen) atoms. The Balaban J connectivity index is 2.26. The van der Waals surface area contributed by atoms with E-state index >= 15 is 0 Å². The standard InChI is InChI=1S/C14H25NO4/c1-14(2,3)19-13(17)15-11-7-5-10(6-8-11)9-12(16)18-4/h10-11H,5-9H2,1-4H3,(H,15,17). The first-order valence-electron chi connectivity index (χ1n) is 6.86. The molecule has 110 valence electrons. The topological polar surface area (TPSA) is 64.6 Å². The Bertz CT molecular complexity index is 314. The Labute approximate surface area is 115 Å². The van der Waals surface area contributed by atoms with E-state index in [1.165, 1.54) is 7.11 Å². The summed E-state index contributed by atoms with van der Waals surface area (Å²) in [6, 6.07) is 0.156. The third kappa shape index (κ3) is 6.45. The average molecular weight is 271 g/mol. The highest BCUT2D eigenvalue weighted by molar-refractivity contribution is 5.69. The maximum absolute atomic E-state index is 11.6. The molecule has 0 saturated heterocycles. The van der Waals surface area contributed by atoms with Crippen molar-refractivity contribution in [3.63, 3.8) is 0 Å². The number of hydrogen-bond acceptors (Lipinski definition) is 4. The summed E-state index contributed by atoms with van der Waals surface area (Å²) in [5.41, 5.74) is -0.466. The minimum Gasteiger partial charge on any atom is -0.469 e. The van der Waals surface area contributed by atoms with Crippen LogP contribution in [0.15, 0.2) is 0 Å². The Hall–Kier alpha value is -1.26. The number of esters is 1. The van der Waals surface area contributed by atoms with Crippen molar-refractivity contribution < 1.29 is 19.1 Å². The van der Waals surface area contributed by atoms with Gasteiger partial charge in [0.15, 0.2) is 0 Å². The van der Waals surface area contributed by atoms with Gasteiger partial charge < -0.3 is 14.8 Å². The number of nitrogens with one attached hydrogen (secondary N) is 1. The van der Waals surface area contributed by atoms with Crippen molar-refractivity contribution in [2.45, 2.75) is 64.5 Å². The maximum atomic E-state index is 11.6. The van der Waals surface area contributed by atoms with Crippen LogP contribution in [0.5, 0.6) is 0 Å². The minimum absolute atomic E-state index is 0.149. The predicted molar refractivity (Wildman–Crippen MR) is 71.7 cm³/mol. The van der Waals surface area contributed by atoms with Crippen LogP contribution in [-0.2, 0) is 14.3 Å². The number of hydrogen-bond donors (Lipinski definition) is 1. The molecule has 0 aliphatic heterocycles. The molecule has 0 spiro atoms.